The maximum atomic E-state index is 12.6. The van der Waals surface area contributed by atoms with Crippen LogP contribution < -0.4 is 15.8 Å². The van der Waals surface area contributed by atoms with Gasteiger partial charge in [0.1, 0.15) is 11.4 Å². The number of ether oxygens (including phenoxy) is 2. The van der Waals surface area contributed by atoms with Crippen molar-refractivity contribution in [3.63, 3.8) is 0 Å². The smallest absolute Gasteiger partial charge is 0.193 e. The number of ketones is 1. The first kappa shape index (κ1) is 22.9. The Morgan fingerprint density at radius 2 is 1.66 bits per heavy atom. The van der Waals surface area contributed by atoms with E-state index < -0.39 is 5.60 Å². The zero-order valence-corrected chi connectivity index (χ0v) is 18.0. The van der Waals surface area contributed by atoms with Crippen LogP contribution in [-0.2, 0) is 4.74 Å². The Hall–Kier alpha value is -2.34. The van der Waals surface area contributed by atoms with E-state index in [1.165, 1.54) is 0 Å². The van der Waals surface area contributed by atoms with Gasteiger partial charge < -0.3 is 20.5 Å². The largest absolute Gasteiger partial charge is 0.482 e. The van der Waals surface area contributed by atoms with Crippen molar-refractivity contribution in [2.45, 2.75) is 26.4 Å². The van der Waals surface area contributed by atoms with Crippen LogP contribution in [0, 0.1) is 0 Å². The standard InChI is InChI=1S/C23H29ClN2O3/c1-4-21(26-14-16-28-15-13-25)23(2,3)29-20-11-7-18(8-12-20)22(27)17-5-9-19(24)10-6-17/h4-12,26H,13-16,25H2,1-3H3/b21-4-. The van der Waals surface area contributed by atoms with Crippen LogP contribution in [0.5, 0.6) is 5.75 Å². The molecule has 2 rings (SSSR count). The fourth-order valence-corrected chi connectivity index (χ4v) is 3.02. The average Bonchev–Trinajstić information content (AvgIpc) is 2.71. The Kier molecular flexibility index (Phi) is 8.70. The van der Waals surface area contributed by atoms with Gasteiger partial charge in [0, 0.05) is 29.2 Å². The van der Waals surface area contributed by atoms with E-state index in [4.69, 9.17) is 26.8 Å². The summed E-state index contributed by atoms with van der Waals surface area (Å²) in [4.78, 5) is 12.6. The van der Waals surface area contributed by atoms with E-state index in [-0.39, 0.29) is 5.78 Å². The first-order valence-corrected chi connectivity index (χ1v) is 10.0. The third kappa shape index (κ3) is 6.89. The molecule has 0 heterocycles. The molecular formula is C23H29ClN2O3. The van der Waals surface area contributed by atoms with Gasteiger partial charge in [0.15, 0.2) is 5.78 Å². The van der Waals surface area contributed by atoms with Crippen LogP contribution >= 0.6 is 11.6 Å². The van der Waals surface area contributed by atoms with Crippen LogP contribution in [0.3, 0.4) is 0 Å². The average molecular weight is 417 g/mol. The Labute approximate surface area is 177 Å². The molecule has 0 amide bonds. The molecule has 156 valence electrons. The lowest BCUT2D eigenvalue weighted by molar-refractivity contribution is 0.103. The number of rotatable bonds is 11. The highest BCUT2D eigenvalue weighted by molar-refractivity contribution is 6.30. The fraction of sp³-hybridized carbons (Fsp3) is 0.348. The van der Waals surface area contributed by atoms with Gasteiger partial charge in [-0.1, -0.05) is 17.7 Å². The molecular weight excluding hydrogens is 388 g/mol. The maximum absolute atomic E-state index is 12.6. The van der Waals surface area contributed by atoms with Gasteiger partial charge in [-0.05, 0) is 69.3 Å². The molecule has 0 bridgehead atoms. The maximum Gasteiger partial charge on any atom is 0.193 e. The summed E-state index contributed by atoms with van der Waals surface area (Å²) in [7, 11) is 0. The molecule has 0 spiro atoms. The van der Waals surface area contributed by atoms with E-state index in [2.05, 4.69) is 5.32 Å². The molecule has 0 aliphatic heterocycles. The molecule has 0 saturated carbocycles. The van der Waals surface area contributed by atoms with E-state index >= 15 is 0 Å². The minimum absolute atomic E-state index is 0.0548. The topological polar surface area (TPSA) is 73.6 Å². The van der Waals surface area contributed by atoms with E-state index in [0.717, 1.165) is 5.70 Å². The second-order valence-electron chi connectivity index (χ2n) is 7.00. The number of nitrogens with two attached hydrogens (primary N) is 1. The molecule has 2 aromatic rings. The number of allylic oxidation sites excluding steroid dienone is 1. The van der Waals surface area contributed by atoms with E-state index in [1.807, 2.05) is 39.0 Å². The lowest BCUT2D eigenvalue weighted by atomic mass is 10.0. The van der Waals surface area contributed by atoms with Crippen LogP contribution in [0.15, 0.2) is 60.3 Å². The lowest BCUT2D eigenvalue weighted by Crippen LogP contribution is -2.39. The zero-order chi connectivity index (χ0) is 21.3. The highest BCUT2D eigenvalue weighted by atomic mass is 35.5. The van der Waals surface area contributed by atoms with Gasteiger partial charge in [-0.3, -0.25) is 4.79 Å². The van der Waals surface area contributed by atoms with Crippen LogP contribution in [0.1, 0.15) is 36.7 Å². The second-order valence-corrected chi connectivity index (χ2v) is 7.44. The Balaban J connectivity index is 1.99. The van der Waals surface area contributed by atoms with Crippen molar-refractivity contribution in [3.8, 4) is 5.75 Å². The fourth-order valence-electron chi connectivity index (χ4n) is 2.90. The van der Waals surface area contributed by atoms with Crippen molar-refractivity contribution in [2.24, 2.45) is 5.73 Å². The third-order valence-electron chi connectivity index (χ3n) is 4.36. The third-order valence-corrected chi connectivity index (χ3v) is 4.61. The van der Waals surface area contributed by atoms with Gasteiger partial charge in [-0.25, -0.2) is 0 Å². The normalized spacial score (nSPS) is 12.0. The van der Waals surface area contributed by atoms with Gasteiger partial charge in [0.2, 0.25) is 0 Å². The molecule has 0 saturated heterocycles. The Morgan fingerprint density at radius 1 is 1.07 bits per heavy atom. The number of benzene rings is 2. The number of carbonyl (C=O) groups excluding carboxylic acids is 1. The molecule has 0 aliphatic rings. The van der Waals surface area contributed by atoms with Gasteiger partial charge in [0.25, 0.3) is 0 Å². The molecule has 0 aromatic heterocycles. The van der Waals surface area contributed by atoms with Crippen LogP contribution in [0.2, 0.25) is 5.02 Å². The second kappa shape index (κ2) is 11.0. The van der Waals surface area contributed by atoms with Crippen molar-refractivity contribution in [2.75, 3.05) is 26.3 Å². The number of carbonyl (C=O) groups is 1. The minimum atomic E-state index is -0.565. The van der Waals surface area contributed by atoms with Gasteiger partial charge >= 0.3 is 0 Å². The van der Waals surface area contributed by atoms with E-state index in [1.54, 1.807) is 36.4 Å². The van der Waals surface area contributed by atoms with Gasteiger partial charge in [-0.2, -0.15) is 0 Å². The summed E-state index contributed by atoms with van der Waals surface area (Å²) in [5, 5.41) is 3.95. The molecule has 0 atom stereocenters. The summed E-state index contributed by atoms with van der Waals surface area (Å²) in [5.74, 6) is 0.629. The predicted octanol–water partition coefficient (Wildman–Crippen LogP) is 4.20. The highest BCUT2D eigenvalue weighted by Gasteiger charge is 2.25. The first-order chi connectivity index (χ1) is 13.9. The molecule has 0 unspecified atom stereocenters. The molecule has 0 aliphatic carbocycles. The monoisotopic (exact) mass is 416 g/mol. The SMILES string of the molecule is C/C=C(\NCCOCCN)C(C)(C)Oc1ccc(C(=O)c2ccc(Cl)cc2)cc1. The van der Waals surface area contributed by atoms with Gasteiger partial charge in [-0.15, -0.1) is 0 Å². The van der Waals surface area contributed by atoms with E-state index in [0.29, 0.717) is 48.2 Å². The number of halogens is 1. The highest BCUT2D eigenvalue weighted by Crippen LogP contribution is 2.24. The molecule has 0 fully saturated rings. The summed E-state index contributed by atoms with van der Waals surface area (Å²) in [5.41, 5.74) is 7.00. The van der Waals surface area contributed by atoms with Gasteiger partial charge in [0.05, 0.1) is 18.9 Å². The number of hydrogen-bond donors (Lipinski definition) is 2. The first-order valence-electron chi connectivity index (χ1n) is 9.65. The summed E-state index contributed by atoms with van der Waals surface area (Å²) < 4.78 is 11.6. The quantitative estimate of drug-likeness (QED) is 0.424. The van der Waals surface area contributed by atoms with E-state index in [9.17, 15) is 4.79 Å². The predicted molar refractivity (Wildman–Crippen MR) is 118 cm³/mol. The van der Waals surface area contributed by atoms with Crippen LogP contribution in [0.4, 0.5) is 0 Å². The van der Waals surface area contributed by atoms with Crippen molar-refractivity contribution < 1.29 is 14.3 Å². The Bertz CT molecular complexity index is 815. The number of nitrogens with one attached hydrogen (secondary N) is 1. The minimum Gasteiger partial charge on any atom is -0.482 e. The molecule has 3 N–H and O–H groups in total. The number of hydrogen-bond acceptors (Lipinski definition) is 5. The zero-order valence-electron chi connectivity index (χ0n) is 17.2. The van der Waals surface area contributed by atoms with Crippen molar-refractivity contribution >= 4 is 17.4 Å². The van der Waals surface area contributed by atoms with Crippen molar-refractivity contribution in [1.82, 2.24) is 5.32 Å². The summed E-state index contributed by atoms with van der Waals surface area (Å²) in [6, 6.07) is 14.0. The molecule has 5 nitrogen and oxygen atoms in total. The van der Waals surface area contributed by atoms with Crippen molar-refractivity contribution in [1.29, 1.82) is 0 Å². The molecule has 6 heteroatoms. The van der Waals surface area contributed by atoms with Crippen LogP contribution in [0.25, 0.3) is 0 Å². The molecule has 2 aromatic carbocycles. The summed E-state index contributed by atoms with van der Waals surface area (Å²) >= 11 is 5.89. The van der Waals surface area contributed by atoms with Crippen molar-refractivity contribution in [3.05, 3.63) is 76.5 Å². The lowest BCUT2D eigenvalue weighted by Gasteiger charge is -2.30. The van der Waals surface area contributed by atoms with Crippen LogP contribution in [-0.4, -0.2) is 37.7 Å². The summed E-state index contributed by atoms with van der Waals surface area (Å²) in [6.45, 7) is 8.25. The molecule has 29 heavy (non-hydrogen) atoms. The summed E-state index contributed by atoms with van der Waals surface area (Å²) in [6.07, 6.45) is 1.99. The molecule has 0 radical (unpaired) electrons. The Morgan fingerprint density at radius 3 is 2.21 bits per heavy atom.